The molecule has 0 saturated heterocycles. The van der Waals surface area contributed by atoms with Gasteiger partial charge in [-0.3, -0.25) is 9.59 Å². The Balaban J connectivity index is 3.43. The Morgan fingerprint density at radius 1 is 1.20 bits per heavy atom. The van der Waals surface area contributed by atoms with Gasteiger partial charge in [0.05, 0.1) is 5.56 Å². The summed E-state index contributed by atoms with van der Waals surface area (Å²) in [5.74, 6) is 2.21. The van der Waals surface area contributed by atoms with Crippen molar-refractivity contribution >= 4 is 37.3 Å². The number of imide groups is 1. The van der Waals surface area contributed by atoms with E-state index in [1.165, 1.54) is 19.9 Å². The normalized spacial score (nSPS) is 10.5. The number of aromatic nitrogens is 2. The van der Waals surface area contributed by atoms with Crippen LogP contribution >= 0.6 is 11.6 Å². The summed E-state index contributed by atoms with van der Waals surface area (Å²) >= 11 is 5.81. The molecule has 7 heteroatoms. The molecule has 0 aliphatic carbocycles. The van der Waals surface area contributed by atoms with E-state index >= 15 is 0 Å². The quantitative estimate of drug-likeness (QED) is 0.589. The summed E-state index contributed by atoms with van der Waals surface area (Å²) in [6.45, 7) is 8.83. The molecule has 0 N–H and O–H groups in total. The van der Waals surface area contributed by atoms with Gasteiger partial charge >= 0.3 is 0 Å². The minimum absolute atomic E-state index is 0.125. The van der Waals surface area contributed by atoms with Crippen LogP contribution in [0.4, 0.5) is 5.82 Å². The molecule has 0 unspecified atom stereocenters. The SMILES string of the molecule is CC(=O)N(C(C)=O)c1nnc(Cl)cc1C#C[Si](C)(C)C. The summed E-state index contributed by atoms with van der Waals surface area (Å²) in [6.07, 6.45) is 0. The smallest absolute Gasteiger partial charge is 0.231 e. The summed E-state index contributed by atoms with van der Waals surface area (Å²) in [4.78, 5) is 24.1. The van der Waals surface area contributed by atoms with Crippen LogP contribution in [0, 0.1) is 11.5 Å². The van der Waals surface area contributed by atoms with E-state index in [1.54, 1.807) is 0 Å². The lowest BCUT2D eigenvalue weighted by Crippen LogP contribution is -2.34. The molecule has 1 aromatic heterocycles. The number of rotatable bonds is 1. The first-order chi connectivity index (χ1) is 9.11. The van der Waals surface area contributed by atoms with Crippen molar-refractivity contribution in [3.63, 3.8) is 0 Å². The molecule has 0 atom stereocenters. The first-order valence-electron chi connectivity index (χ1n) is 5.99. The first-order valence-corrected chi connectivity index (χ1v) is 9.87. The molecule has 2 amide bonds. The van der Waals surface area contributed by atoms with Gasteiger partial charge < -0.3 is 0 Å². The van der Waals surface area contributed by atoms with Crippen LogP contribution in [-0.4, -0.2) is 30.1 Å². The number of carbonyl (C=O) groups excluding carboxylic acids is 2. The summed E-state index contributed by atoms with van der Waals surface area (Å²) in [7, 11) is -1.61. The Morgan fingerprint density at radius 2 is 1.75 bits per heavy atom. The van der Waals surface area contributed by atoms with Crippen molar-refractivity contribution in [1.82, 2.24) is 10.2 Å². The maximum absolute atomic E-state index is 11.6. The van der Waals surface area contributed by atoms with Crippen LogP contribution in [0.3, 0.4) is 0 Å². The number of amides is 2. The number of nitrogens with zero attached hydrogens (tertiary/aromatic N) is 3. The van der Waals surface area contributed by atoms with E-state index in [-0.39, 0.29) is 11.0 Å². The van der Waals surface area contributed by atoms with Crippen LogP contribution in [-0.2, 0) is 9.59 Å². The standard InChI is InChI=1S/C13H16ClN3O2Si/c1-9(18)17(10(2)19)13-11(6-7-20(3,4)5)8-12(14)15-16-13/h8H,1-5H3. The first kappa shape index (κ1) is 16.3. The van der Waals surface area contributed by atoms with Gasteiger partial charge in [0.2, 0.25) is 11.8 Å². The molecule has 0 aromatic carbocycles. The predicted octanol–water partition coefficient (Wildman–Crippen LogP) is 2.26. The highest BCUT2D eigenvalue weighted by Crippen LogP contribution is 2.19. The lowest BCUT2D eigenvalue weighted by Gasteiger charge is -2.16. The van der Waals surface area contributed by atoms with Gasteiger partial charge in [-0.25, -0.2) is 4.90 Å². The van der Waals surface area contributed by atoms with Gasteiger partial charge in [-0.1, -0.05) is 37.2 Å². The third kappa shape index (κ3) is 4.44. The van der Waals surface area contributed by atoms with E-state index < -0.39 is 19.9 Å². The van der Waals surface area contributed by atoms with Crippen molar-refractivity contribution in [1.29, 1.82) is 0 Å². The van der Waals surface area contributed by atoms with Crippen molar-refractivity contribution in [3.8, 4) is 11.5 Å². The van der Waals surface area contributed by atoms with Gasteiger partial charge in [0.25, 0.3) is 0 Å². The number of hydrogen-bond acceptors (Lipinski definition) is 4. The fourth-order valence-electron chi connectivity index (χ4n) is 1.39. The average Bonchev–Trinajstić information content (AvgIpc) is 2.27. The average molecular weight is 310 g/mol. The lowest BCUT2D eigenvalue weighted by atomic mass is 10.2. The highest BCUT2D eigenvalue weighted by molar-refractivity contribution is 6.83. The highest BCUT2D eigenvalue weighted by atomic mass is 35.5. The molecular formula is C13H16ClN3O2Si. The maximum Gasteiger partial charge on any atom is 0.231 e. The minimum Gasteiger partial charge on any atom is -0.274 e. The molecule has 1 aromatic rings. The molecule has 0 radical (unpaired) electrons. The van der Waals surface area contributed by atoms with Gasteiger partial charge in [-0.15, -0.1) is 15.7 Å². The van der Waals surface area contributed by atoms with Gasteiger partial charge in [0.15, 0.2) is 11.0 Å². The van der Waals surface area contributed by atoms with Crippen LogP contribution in [0.5, 0.6) is 0 Å². The molecule has 0 aliphatic rings. The van der Waals surface area contributed by atoms with Gasteiger partial charge in [-0.2, -0.15) is 0 Å². The zero-order chi connectivity index (χ0) is 15.5. The maximum atomic E-state index is 11.6. The topological polar surface area (TPSA) is 63.2 Å². The fourth-order valence-corrected chi connectivity index (χ4v) is 2.05. The van der Waals surface area contributed by atoms with Crippen LogP contribution in [0.25, 0.3) is 0 Å². The molecule has 20 heavy (non-hydrogen) atoms. The molecule has 0 saturated carbocycles. The van der Waals surface area contributed by atoms with E-state index in [4.69, 9.17) is 11.6 Å². The van der Waals surface area contributed by atoms with Crippen molar-refractivity contribution in [2.24, 2.45) is 0 Å². The van der Waals surface area contributed by atoms with E-state index in [0.29, 0.717) is 5.56 Å². The van der Waals surface area contributed by atoms with E-state index in [9.17, 15) is 9.59 Å². The second-order valence-corrected chi connectivity index (χ2v) is 10.4. The molecule has 0 spiro atoms. The van der Waals surface area contributed by atoms with E-state index in [1.807, 2.05) is 0 Å². The number of hydrogen-bond donors (Lipinski definition) is 0. The van der Waals surface area contributed by atoms with Gasteiger partial charge in [0, 0.05) is 13.8 Å². The largest absolute Gasteiger partial charge is 0.274 e. The second-order valence-electron chi connectivity index (χ2n) is 5.28. The molecule has 5 nitrogen and oxygen atoms in total. The Morgan fingerprint density at radius 3 is 2.20 bits per heavy atom. The number of anilines is 1. The Labute approximate surface area is 124 Å². The summed E-state index contributed by atoms with van der Waals surface area (Å²) in [5.41, 5.74) is 3.58. The summed E-state index contributed by atoms with van der Waals surface area (Å²) in [6, 6.07) is 1.51. The second kappa shape index (κ2) is 6.16. The van der Waals surface area contributed by atoms with Crippen molar-refractivity contribution in [2.45, 2.75) is 33.5 Å². The zero-order valence-corrected chi connectivity index (χ0v) is 13.9. The number of halogens is 1. The molecule has 0 fully saturated rings. The van der Waals surface area contributed by atoms with E-state index in [0.717, 1.165) is 4.90 Å². The van der Waals surface area contributed by atoms with Crippen LogP contribution in [0.15, 0.2) is 6.07 Å². The van der Waals surface area contributed by atoms with Crippen molar-refractivity contribution in [3.05, 3.63) is 16.8 Å². The van der Waals surface area contributed by atoms with Crippen molar-refractivity contribution in [2.75, 3.05) is 4.90 Å². The predicted molar refractivity (Wildman–Crippen MR) is 81.1 cm³/mol. The minimum atomic E-state index is -1.61. The summed E-state index contributed by atoms with van der Waals surface area (Å²) < 4.78 is 0. The van der Waals surface area contributed by atoms with Gasteiger partial charge in [0.1, 0.15) is 8.07 Å². The van der Waals surface area contributed by atoms with Crippen LogP contribution in [0.2, 0.25) is 24.8 Å². The van der Waals surface area contributed by atoms with Crippen molar-refractivity contribution < 1.29 is 9.59 Å². The third-order valence-electron chi connectivity index (χ3n) is 2.16. The van der Waals surface area contributed by atoms with Crippen LogP contribution < -0.4 is 4.90 Å². The third-order valence-corrected chi connectivity index (χ3v) is 3.22. The zero-order valence-electron chi connectivity index (χ0n) is 12.1. The lowest BCUT2D eigenvalue weighted by molar-refractivity contribution is -0.124. The summed E-state index contributed by atoms with van der Waals surface area (Å²) in [5, 5.41) is 7.69. The Kier molecular flexibility index (Phi) is 5.03. The fraction of sp³-hybridized carbons (Fsp3) is 0.385. The molecule has 1 heterocycles. The van der Waals surface area contributed by atoms with Gasteiger partial charge in [-0.05, 0) is 6.07 Å². The molecule has 0 aliphatic heterocycles. The van der Waals surface area contributed by atoms with E-state index in [2.05, 4.69) is 41.3 Å². The Hall–Kier alpha value is -1.71. The van der Waals surface area contributed by atoms with Crippen LogP contribution in [0.1, 0.15) is 19.4 Å². The monoisotopic (exact) mass is 309 g/mol. The molecule has 106 valence electrons. The molecular weight excluding hydrogens is 294 g/mol. The Bertz CT molecular complexity index is 600. The number of carbonyl (C=O) groups is 2. The highest BCUT2D eigenvalue weighted by Gasteiger charge is 2.22. The molecule has 1 rings (SSSR count). The molecule has 0 bridgehead atoms.